The number of hydrogen-bond acceptors (Lipinski definition) is 3. The van der Waals surface area contributed by atoms with Gasteiger partial charge in [0.1, 0.15) is 0 Å². The fourth-order valence-electron chi connectivity index (χ4n) is 3.68. The standard InChI is InChI=1S/C19H25N3O2S/c1-12-6-5-9-15(13(12)2)20-17(23)10-11-22-18(24)14-7-3-4-8-16(14)21-19(22)25/h3-4,7-8,12-13,15H,5-6,9-11H2,1-2H3,(H,20,23)(H,21,25). The van der Waals surface area contributed by atoms with Gasteiger partial charge in [-0.15, -0.1) is 0 Å². The highest BCUT2D eigenvalue weighted by Crippen LogP contribution is 2.29. The minimum absolute atomic E-state index is 0.0135. The Labute approximate surface area is 152 Å². The second-order valence-corrected chi connectivity index (χ2v) is 7.51. The van der Waals surface area contributed by atoms with Gasteiger partial charge in [0.05, 0.1) is 10.9 Å². The summed E-state index contributed by atoms with van der Waals surface area (Å²) in [4.78, 5) is 28.0. The second-order valence-electron chi connectivity index (χ2n) is 7.12. The van der Waals surface area contributed by atoms with Crippen LogP contribution >= 0.6 is 12.2 Å². The van der Waals surface area contributed by atoms with E-state index in [0.29, 0.717) is 28.5 Å². The van der Waals surface area contributed by atoms with Crippen molar-refractivity contribution in [2.45, 2.75) is 52.1 Å². The molecule has 0 radical (unpaired) electrons. The molecule has 2 N–H and O–H groups in total. The van der Waals surface area contributed by atoms with Gasteiger partial charge in [-0.1, -0.05) is 38.8 Å². The molecule has 1 aromatic heterocycles. The average Bonchev–Trinajstić information content (AvgIpc) is 2.59. The number of aromatic nitrogens is 2. The van der Waals surface area contributed by atoms with E-state index >= 15 is 0 Å². The Bertz CT molecular complexity index is 886. The molecule has 3 rings (SSSR count). The van der Waals surface area contributed by atoms with Gasteiger partial charge in [-0.25, -0.2) is 0 Å². The molecule has 6 heteroatoms. The van der Waals surface area contributed by atoms with Gasteiger partial charge in [0, 0.05) is 19.0 Å². The Balaban J connectivity index is 1.69. The predicted octanol–water partition coefficient (Wildman–Crippen LogP) is 3.39. The second kappa shape index (κ2) is 7.52. The zero-order valence-electron chi connectivity index (χ0n) is 14.7. The molecule has 3 atom stereocenters. The van der Waals surface area contributed by atoms with Crippen molar-refractivity contribution in [3.8, 4) is 0 Å². The quantitative estimate of drug-likeness (QED) is 0.822. The number of hydrogen-bond donors (Lipinski definition) is 2. The number of fused-ring (bicyclic) bond motifs is 1. The molecule has 2 aromatic rings. The number of nitrogens with zero attached hydrogens (tertiary/aromatic N) is 1. The fourth-order valence-corrected chi connectivity index (χ4v) is 3.96. The van der Waals surface area contributed by atoms with Gasteiger partial charge in [-0.2, -0.15) is 0 Å². The zero-order chi connectivity index (χ0) is 18.0. The molecule has 0 spiro atoms. The number of para-hydroxylation sites is 1. The van der Waals surface area contributed by atoms with Crippen LogP contribution in [-0.4, -0.2) is 21.5 Å². The van der Waals surface area contributed by atoms with Crippen LogP contribution in [0, 0.1) is 16.6 Å². The highest BCUT2D eigenvalue weighted by atomic mass is 32.1. The van der Waals surface area contributed by atoms with E-state index in [2.05, 4.69) is 24.1 Å². The Morgan fingerprint density at radius 3 is 2.88 bits per heavy atom. The lowest BCUT2D eigenvalue weighted by Crippen LogP contribution is -2.44. The summed E-state index contributed by atoms with van der Waals surface area (Å²) in [6.07, 6.45) is 3.68. The normalized spacial score (nSPS) is 23.5. The van der Waals surface area contributed by atoms with Gasteiger partial charge < -0.3 is 10.3 Å². The molecule has 3 unspecified atom stereocenters. The summed E-state index contributed by atoms with van der Waals surface area (Å²) in [5.41, 5.74) is 0.579. The molecule has 1 amide bonds. The number of benzene rings is 1. The van der Waals surface area contributed by atoms with Gasteiger partial charge in [-0.05, 0) is 42.6 Å². The third-order valence-electron chi connectivity index (χ3n) is 5.51. The number of amides is 1. The monoisotopic (exact) mass is 359 g/mol. The van der Waals surface area contributed by atoms with E-state index < -0.39 is 0 Å². The molecule has 1 aliphatic carbocycles. The summed E-state index contributed by atoms with van der Waals surface area (Å²) < 4.78 is 1.83. The molecule has 0 aliphatic heterocycles. The number of H-pyrrole nitrogens is 1. The zero-order valence-corrected chi connectivity index (χ0v) is 15.6. The van der Waals surface area contributed by atoms with Crippen molar-refractivity contribution < 1.29 is 4.79 Å². The lowest BCUT2D eigenvalue weighted by molar-refractivity contribution is -0.122. The van der Waals surface area contributed by atoms with Crippen molar-refractivity contribution >= 4 is 29.0 Å². The minimum atomic E-state index is -0.146. The van der Waals surface area contributed by atoms with Crippen LogP contribution in [0.3, 0.4) is 0 Å². The molecule has 1 aliphatic rings. The highest BCUT2D eigenvalue weighted by molar-refractivity contribution is 7.71. The predicted molar refractivity (Wildman–Crippen MR) is 102 cm³/mol. The highest BCUT2D eigenvalue weighted by Gasteiger charge is 2.27. The number of nitrogens with one attached hydrogen (secondary N) is 2. The Morgan fingerprint density at radius 2 is 2.08 bits per heavy atom. The van der Waals surface area contributed by atoms with Crippen LogP contribution in [0.4, 0.5) is 0 Å². The van der Waals surface area contributed by atoms with E-state index in [4.69, 9.17) is 12.2 Å². The smallest absolute Gasteiger partial charge is 0.262 e. The maximum atomic E-state index is 12.6. The van der Waals surface area contributed by atoms with E-state index in [-0.39, 0.29) is 23.9 Å². The first-order valence-corrected chi connectivity index (χ1v) is 9.39. The molecular weight excluding hydrogens is 334 g/mol. The number of carbonyl (C=O) groups excluding carboxylic acids is 1. The Morgan fingerprint density at radius 1 is 1.32 bits per heavy atom. The Hall–Kier alpha value is -1.95. The van der Waals surface area contributed by atoms with E-state index in [0.717, 1.165) is 18.4 Å². The number of aromatic amines is 1. The molecule has 1 saturated carbocycles. The van der Waals surface area contributed by atoms with Crippen LogP contribution in [0.25, 0.3) is 10.9 Å². The molecule has 0 bridgehead atoms. The van der Waals surface area contributed by atoms with Crippen LogP contribution in [-0.2, 0) is 11.3 Å². The van der Waals surface area contributed by atoms with Crippen LogP contribution < -0.4 is 10.9 Å². The van der Waals surface area contributed by atoms with Gasteiger partial charge in [-0.3, -0.25) is 14.2 Å². The van der Waals surface area contributed by atoms with Gasteiger partial charge in [0.2, 0.25) is 5.91 Å². The molecule has 1 heterocycles. The van der Waals surface area contributed by atoms with E-state index in [1.807, 2.05) is 18.2 Å². The van der Waals surface area contributed by atoms with Crippen molar-refractivity contribution in [1.29, 1.82) is 0 Å². The van der Waals surface area contributed by atoms with Gasteiger partial charge in [0.25, 0.3) is 5.56 Å². The molecule has 0 saturated heterocycles. The SMILES string of the molecule is CC1CCCC(NC(=O)CCn2c(=S)[nH]c3ccccc3c2=O)C1C. The molecule has 134 valence electrons. The summed E-state index contributed by atoms with van der Waals surface area (Å²) >= 11 is 5.29. The van der Waals surface area contributed by atoms with Crippen molar-refractivity contribution in [3.05, 3.63) is 39.4 Å². The minimum Gasteiger partial charge on any atom is -0.353 e. The van der Waals surface area contributed by atoms with Gasteiger partial charge in [0.15, 0.2) is 4.77 Å². The van der Waals surface area contributed by atoms with Crippen LogP contribution in [0.2, 0.25) is 0 Å². The molecule has 5 nitrogen and oxygen atoms in total. The van der Waals surface area contributed by atoms with Crippen molar-refractivity contribution in [2.75, 3.05) is 0 Å². The Kier molecular flexibility index (Phi) is 5.37. The van der Waals surface area contributed by atoms with Gasteiger partial charge >= 0.3 is 0 Å². The van der Waals surface area contributed by atoms with Crippen molar-refractivity contribution in [1.82, 2.24) is 14.9 Å². The maximum absolute atomic E-state index is 12.6. The first-order chi connectivity index (χ1) is 12.0. The van der Waals surface area contributed by atoms with E-state index in [1.54, 1.807) is 6.07 Å². The topological polar surface area (TPSA) is 66.9 Å². The molecule has 1 aromatic carbocycles. The van der Waals surface area contributed by atoms with Crippen molar-refractivity contribution in [2.24, 2.45) is 11.8 Å². The largest absolute Gasteiger partial charge is 0.353 e. The van der Waals surface area contributed by atoms with Crippen LogP contribution in [0.15, 0.2) is 29.1 Å². The van der Waals surface area contributed by atoms with E-state index in [9.17, 15) is 9.59 Å². The average molecular weight is 359 g/mol. The maximum Gasteiger partial charge on any atom is 0.262 e. The summed E-state index contributed by atoms with van der Waals surface area (Å²) in [6, 6.07) is 7.51. The van der Waals surface area contributed by atoms with Crippen LogP contribution in [0.1, 0.15) is 39.5 Å². The number of carbonyl (C=O) groups is 1. The lowest BCUT2D eigenvalue weighted by atomic mass is 9.78. The molecule has 1 fully saturated rings. The third kappa shape index (κ3) is 3.84. The summed E-state index contributed by atoms with van der Waals surface area (Å²) in [5.74, 6) is 1.11. The van der Waals surface area contributed by atoms with E-state index in [1.165, 1.54) is 11.0 Å². The summed E-state index contributed by atoms with van der Waals surface area (Å²) in [7, 11) is 0. The molecule has 25 heavy (non-hydrogen) atoms. The fraction of sp³-hybridized carbons (Fsp3) is 0.526. The summed E-state index contributed by atoms with van der Waals surface area (Å²) in [5, 5.41) is 3.74. The first-order valence-electron chi connectivity index (χ1n) is 8.98. The number of rotatable bonds is 4. The van der Waals surface area contributed by atoms with Crippen LogP contribution in [0.5, 0.6) is 0 Å². The molecular formula is C19H25N3O2S. The summed E-state index contributed by atoms with van der Waals surface area (Å²) in [6.45, 7) is 4.75. The third-order valence-corrected chi connectivity index (χ3v) is 5.83. The first kappa shape index (κ1) is 17.9. The van der Waals surface area contributed by atoms with Crippen molar-refractivity contribution in [3.63, 3.8) is 0 Å². The lowest BCUT2D eigenvalue weighted by Gasteiger charge is -2.34.